The van der Waals surface area contributed by atoms with Crippen LogP contribution in [0.2, 0.25) is 0 Å². The molecule has 0 aromatic heterocycles. The lowest BCUT2D eigenvalue weighted by Crippen LogP contribution is -1.93. The third-order valence-corrected chi connectivity index (χ3v) is 1.95. The van der Waals surface area contributed by atoms with Gasteiger partial charge in [0.05, 0.1) is 23.9 Å². The summed E-state index contributed by atoms with van der Waals surface area (Å²) in [6, 6.07) is 9.55. The standard InChI is InChI=1S/C11H8N2/c12-8-9-3-5-10(6-4-9)11-2-1-7-13-11/h1-6H,7H2. The molecule has 0 amide bonds. The summed E-state index contributed by atoms with van der Waals surface area (Å²) in [6.45, 7) is 0.773. The van der Waals surface area contributed by atoms with Crippen LogP contribution in [0.4, 0.5) is 0 Å². The molecule has 13 heavy (non-hydrogen) atoms. The van der Waals surface area contributed by atoms with Gasteiger partial charge in [0.15, 0.2) is 0 Å². The average molecular weight is 168 g/mol. The van der Waals surface area contributed by atoms with Crippen molar-refractivity contribution in [1.29, 1.82) is 5.26 Å². The summed E-state index contributed by atoms with van der Waals surface area (Å²) in [5.74, 6) is 0. The van der Waals surface area contributed by atoms with Crippen LogP contribution >= 0.6 is 0 Å². The first kappa shape index (κ1) is 7.75. The Bertz CT molecular complexity index is 405. The van der Waals surface area contributed by atoms with Crippen LogP contribution in [0.5, 0.6) is 0 Å². The van der Waals surface area contributed by atoms with Crippen molar-refractivity contribution >= 4 is 5.71 Å². The van der Waals surface area contributed by atoms with Crippen LogP contribution in [0.1, 0.15) is 11.1 Å². The Morgan fingerprint density at radius 1 is 1.23 bits per heavy atom. The Balaban J connectivity index is 2.34. The molecular formula is C11H8N2. The van der Waals surface area contributed by atoms with Crippen LogP contribution in [0.15, 0.2) is 41.4 Å². The molecule has 0 N–H and O–H groups in total. The lowest BCUT2D eigenvalue weighted by atomic mass is 10.1. The minimum absolute atomic E-state index is 0.686. The molecule has 0 spiro atoms. The van der Waals surface area contributed by atoms with E-state index in [9.17, 15) is 0 Å². The van der Waals surface area contributed by atoms with Gasteiger partial charge in [-0.15, -0.1) is 0 Å². The number of aliphatic imine (C=N–C) groups is 1. The summed E-state index contributed by atoms with van der Waals surface area (Å²) in [5, 5.41) is 8.60. The van der Waals surface area contributed by atoms with E-state index in [1.165, 1.54) is 0 Å². The van der Waals surface area contributed by atoms with Crippen LogP contribution in [0, 0.1) is 11.3 Å². The van der Waals surface area contributed by atoms with Crippen molar-refractivity contribution in [3.8, 4) is 6.07 Å². The first-order valence-corrected chi connectivity index (χ1v) is 4.12. The normalized spacial score (nSPS) is 13.9. The van der Waals surface area contributed by atoms with Crippen molar-refractivity contribution in [2.24, 2.45) is 4.99 Å². The molecule has 0 bridgehead atoms. The summed E-state index contributed by atoms with van der Waals surface area (Å²) in [5.41, 5.74) is 2.77. The Morgan fingerprint density at radius 3 is 2.54 bits per heavy atom. The van der Waals surface area contributed by atoms with Crippen molar-refractivity contribution in [2.75, 3.05) is 6.54 Å². The molecular weight excluding hydrogens is 160 g/mol. The summed E-state index contributed by atoms with van der Waals surface area (Å²) in [7, 11) is 0. The van der Waals surface area contributed by atoms with Crippen LogP contribution in [-0.4, -0.2) is 12.3 Å². The van der Waals surface area contributed by atoms with E-state index in [1.807, 2.05) is 36.4 Å². The molecule has 2 nitrogen and oxygen atoms in total. The maximum atomic E-state index is 8.60. The zero-order chi connectivity index (χ0) is 9.10. The van der Waals surface area contributed by atoms with E-state index in [4.69, 9.17) is 5.26 Å². The van der Waals surface area contributed by atoms with Crippen LogP contribution in [0.3, 0.4) is 0 Å². The van der Waals surface area contributed by atoms with Crippen molar-refractivity contribution in [3.05, 3.63) is 47.5 Å². The third kappa shape index (κ3) is 1.50. The van der Waals surface area contributed by atoms with Gasteiger partial charge in [-0.25, -0.2) is 0 Å². The van der Waals surface area contributed by atoms with E-state index in [1.54, 1.807) is 0 Å². The highest BCUT2D eigenvalue weighted by molar-refractivity contribution is 6.09. The molecule has 2 heteroatoms. The van der Waals surface area contributed by atoms with E-state index in [2.05, 4.69) is 11.1 Å². The fraction of sp³-hybridized carbons (Fsp3) is 0.0909. The minimum atomic E-state index is 0.686. The Morgan fingerprint density at radius 2 is 2.00 bits per heavy atom. The van der Waals surface area contributed by atoms with E-state index in [0.717, 1.165) is 17.8 Å². The number of benzene rings is 1. The zero-order valence-electron chi connectivity index (χ0n) is 7.07. The number of rotatable bonds is 1. The average Bonchev–Trinajstić information content (AvgIpc) is 2.71. The monoisotopic (exact) mass is 168 g/mol. The minimum Gasteiger partial charge on any atom is -0.281 e. The molecule has 1 aliphatic heterocycles. The predicted molar refractivity (Wildman–Crippen MR) is 51.7 cm³/mol. The topological polar surface area (TPSA) is 36.1 Å². The van der Waals surface area contributed by atoms with Crippen LogP contribution < -0.4 is 0 Å². The second kappa shape index (κ2) is 3.24. The summed E-state index contributed by atoms with van der Waals surface area (Å²) in [4.78, 5) is 4.28. The molecule has 0 saturated carbocycles. The van der Waals surface area contributed by atoms with Gasteiger partial charge >= 0.3 is 0 Å². The second-order valence-corrected chi connectivity index (χ2v) is 2.82. The summed E-state index contributed by atoms with van der Waals surface area (Å²) >= 11 is 0. The van der Waals surface area contributed by atoms with Gasteiger partial charge in [-0.2, -0.15) is 5.26 Å². The molecule has 0 atom stereocenters. The van der Waals surface area contributed by atoms with E-state index >= 15 is 0 Å². The smallest absolute Gasteiger partial charge is 0.0991 e. The lowest BCUT2D eigenvalue weighted by Gasteiger charge is -1.97. The maximum Gasteiger partial charge on any atom is 0.0991 e. The fourth-order valence-electron chi connectivity index (χ4n) is 1.27. The largest absolute Gasteiger partial charge is 0.281 e. The molecule has 1 heterocycles. The molecule has 2 rings (SSSR count). The highest BCUT2D eigenvalue weighted by atomic mass is 14.7. The molecule has 1 aromatic rings. The zero-order valence-corrected chi connectivity index (χ0v) is 7.07. The first-order valence-electron chi connectivity index (χ1n) is 4.12. The van der Waals surface area contributed by atoms with Crippen molar-refractivity contribution in [2.45, 2.75) is 0 Å². The van der Waals surface area contributed by atoms with Gasteiger partial charge in [-0.1, -0.05) is 18.2 Å². The van der Waals surface area contributed by atoms with Gasteiger partial charge in [0.2, 0.25) is 0 Å². The highest BCUT2D eigenvalue weighted by Gasteiger charge is 2.02. The van der Waals surface area contributed by atoms with Gasteiger partial charge in [0, 0.05) is 0 Å². The van der Waals surface area contributed by atoms with Crippen LogP contribution in [-0.2, 0) is 0 Å². The predicted octanol–water partition coefficient (Wildman–Crippen LogP) is 1.92. The quantitative estimate of drug-likeness (QED) is 0.631. The number of nitrogens with zero attached hydrogens (tertiary/aromatic N) is 2. The highest BCUT2D eigenvalue weighted by Crippen LogP contribution is 2.08. The Kier molecular flexibility index (Phi) is 1.93. The third-order valence-electron chi connectivity index (χ3n) is 1.95. The van der Waals surface area contributed by atoms with E-state index in [0.29, 0.717) is 5.56 Å². The Hall–Kier alpha value is -1.88. The molecule has 0 radical (unpaired) electrons. The number of allylic oxidation sites excluding steroid dienone is 1. The molecule has 1 aromatic carbocycles. The fourth-order valence-corrected chi connectivity index (χ4v) is 1.27. The van der Waals surface area contributed by atoms with Crippen LogP contribution in [0.25, 0.3) is 0 Å². The van der Waals surface area contributed by atoms with Gasteiger partial charge < -0.3 is 0 Å². The van der Waals surface area contributed by atoms with Crippen molar-refractivity contribution in [3.63, 3.8) is 0 Å². The van der Waals surface area contributed by atoms with Gasteiger partial charge in [0.1, 0.15) is 0 Å². The van der Waals surface area contributed by atoms with Gasteiger partial charge in [-0.05, 0) is 23.8 Å². The Labute approximate surface area is 76.8 Å². The molecule has 1 aliphatic rings. The number of nitriles is 1. The molecule has 62 valence electrons. The molecule has 0 saturated heterocycles. The molecule has 0 fully saturated rings. The first-order chi connectivity index (χ1) is 6.40. The van der Waals surface area contributed by atoms with Crippen molar-refractivity contribution < 1.29 is 0 Å². The maximum absolute atomic E-state index is 8.60. The lowest BCUT2D eigenvalue weighted by molar-refractivity contribution is 1.28. The summed E-state index contributed by atoms with van der Waals surface area (Å²) in [6.07, 6.45) is 4.02. The number of hydrogen-bond acceptors (Lipinski definition) is 2. The van der Waals surface area contributed by atoms with Gasteiger partial charge in [0.25, 0.3) is 0 Å². The SMILES string of the molecule is N#Cc1ccc(C2=NCC=C2)cc1. The van der Waals surface area contributed by atoms with E-state index < -0.39 is 0 Å². The second-order valence-electron chi connectivity index (χ2n) is 2.82. The number of hydrogen-bond donors (Lipinski definition) is 0. The molecule has 0 unspecified atom stereocenters. The summed E-state index contributed by atoms with van der Waals surface area (Å²) < 4.78 is 0. The van der Waals surface area contributed by atoms with Gasteiger partial charge in [-0.3, -0.25) is 4.99 Å². The molecule has 0 aliphatic carbocycles. The van der Waals surface area contributed by atoms with E-state index in [-0.39, 0.29) is 0 Å². The van der Waals surface area contributed by atoms with Crippen molar-refractivity contribution in [1.82, 2.24) is 0 Å².